The molecule has 3 heteroatoms. The molecular weight excluding hydrogens is 228 g/mol. The highest BCUT2D eigenvalue weighted by molar-refractivity contribution is 5.76. The largest absolute Gasteiger partial charge is 0.469 e. The fourth-order valence-electron chi connectivity index (χ4n) is 2.28. The number of rotatable bonds is 6. The molecule has 0 saturated carbocycles. The monoisotopic (exact) mass is 254 g/mol. The van der Waals surface area contributed by atoms with E-state index in [1.54, 1.807) is 0 Å². The van der Waals surface area contributed by atoms with Gasteiger partial charge >= 0.3 is 5.97 Å². The SMILES string of the molecule is CCCCC[C@@H]1C=CC[C@H](C(C)(C)C(=O)OC)O1. The molecule has 1 heterocycles. The highest BCUT2D eigenvalue weighted by Crippen LogP contribution is 2.32. The van der Waals surface area contributed by atoms with Gasteiger partial charge in [-0.15, -0.1) is 0 Å². The van der Waals surface area contributed by atoms with Crippen LogP contribution in [0.15, 0.2) is 12.2 Å². The molecule has 2 atom stereocenters. The number of esters is 1. The van der Waals surface area contributed by atoms with Crippen molar-refractivity contribution in [3.8, 4) is 0 Å². The molecule has 1 aliphatic heterocycles. The lowest BCUT2D eigenvalue weighted by Gasteiger charge is -2.35. The third-order valence-corrected chi connectivity index (χ3v) is 3.65. The Labute approximate surface area is 111 Å². The average Bonchev–Trinajstić information content (AvgIpc) is 2.38. The first kappa shape index (κ1) is 15.2. The van der Waals surface area contributed by atoms with Crippen molar-refractivity contribution >= 4 is 5.97 Å². The maximum absolute atomic E-state index is 11.8. The summed E-state index contributed by atoms with van der Waals surface area (Å²) in [5, 5.41) is 0. The molecule has 0 fully saturated rings. The second-order valence-electron chi connectivity index (χ2n) is 5.54. The van der Waals surface area contributed by atoms with Gasteiger partial charge < -0.3 is 9.47 Å². The predicted molar refractivity (Wildman–Crippen MR) is 72.4 cm³/mol. The van der Waals surface area contributed by atoms with E-state index >= 15 is 0 Å². The summed E-state index contributed by atoms with van der Waals surface area (Å²) in [7, 11) is 1.43. The number of hydrogen-bond acceptors (Lipinski definition) is 3. The lowest BCUT2D eigenvalue weighted by atomic mass is 9.83. The van der Waals surface area contributed by atoms with Gasteiger partial charge in [0.15, 0.2) is 0 Å². The van der Waals surface area contributed by atoms with E-state index in [1.807, 2.05) is 13.8 Å². The summed E-state index contributed by atoms with van der Waals surface area (Å²) in [6.07, 6.45) is 9.78. The van der Waals surface area contributed by atoms with Gasteiger partial charge in [0.2, 0.25) is 0 Å². The van der Waals surface area contributed by atoms with E-state index in [9.17, 15) is 4.79 Å². The molecule has 0 spiro atoms. The second kappa shape index (κ2) is 6.93. The number of ether oxygens (including phenoxy) is 2. The van der Waals surface area contributed by atoms with Gasteiger partial charge in [0.25, 0.3) is 0 Å². The van der Waals surface area contributed by atoms with Crippen LogP contribution in [0, 0.1) is 5.41 Å². The first-order valence-electron chi connectivity index (χ1n) is 6.93. The minimum absolute atomic E-state index is 0.0819. The Morgan fingerprint density at radius 1 is 1.44 bits per heavy atom. The predicted octanol–water partition coefficient (Wildman–Crippen LogP) is 3.48. The summed E-state index contributed by atoms with van der Waals surface area (Å²) in [5.41, 5.74) is -0.581. The zero-order chi connectivity index (χ0) is 13.6. The Bertz CT molecular complexity index is 294. The minimum Gasteiger partial charge on any atom is -0.469 e. The van der Waals surface area contributed by atoms with Crippen molar-refractivity contribution in [3.63, 3.8) is 0 Å². The first-order valence-corrected chi connectivity index (χ1v) is 6.93. The molecule has 0 saturated heterocycles. The van der Waals surface area contributed by atoms with Crippen molar-refractivity contribution in [1.82, 2.24) is 0 Å². The minimum atomic E-state index is -0.581. The van der Waals surface area contributed by atoms with E-state index in [-0.39, 0.29) is 18.2 Å². The molecule has 0 unspecified atom stereocenters. The lowest BCUT2D eigenvalue weighted by Crippen LogP contribution is -2.42. The van der Waals surface area contributed by atoms with Crippen LogP contribution in [-0.4, -0.2) is 25.3 Å². The Balaban J connectivity index is 2.55. The molecular formula is C15H26O3. The van der Waals surface area contributed by atoms with Gasteiger partial charge in [0, 0.05) is 0 Å². The van der Waals surface area contributed by atoms with Crippen LogP contribution >= 0.6 is 0 Å². The van der Waals surface area contributed by atoms with Gasteiger partial charge in [-0.3, -0.25) is 4.79 Å². The van der Waals surface area contributed by atoms with Gasteiger partial charge in [-0.05, 0) is 26.7 Å². The molecule has 104 valence electrons. The molecule has 0 aromatic rings. The van der Waals surface area contributed by atoms with Gasteiger partial charge in [-0.25, -0.2) is 0 Å². The van der Waals surface area contributed by atoms with Crippen LogP contribution < -0.4 is 0 Å². The van der Waals surface area contributed by atoms with Gasteiger partial charge in [-0.1, -0.05) is 38.3 Å². The molecule has 18 heavy (non-hydrogen) atoms. The molecule has 0 amide bonds. The fraction of sp³-hybridized carbons (Fsp3) is 0.800. The van der Waals surface area contributed by atoms with Crippen molar-refractivity contribution in [2.45, 2.75) is 65.1 Å². The molecule has 0 N–H and O–H groups in total. The Morgan fingerprint density at radius 3 is 2.78 bits per heavy atom. The molecule has 0 radical (unpaired) electrons. The Morgan fingerprint density at radius 2 is 2.17 bits per heavy atom. The van der Waals surface area contributed by atoms with Gasteiger partial charge in [-0.2, -0.15) is 0 Å². The summed E-state index contributed by atoms with van der Waals surface area (Å²) in [5.74, 6) is -0.199. The molecule has 3 nitrogen and oxygen atoms in total. The third-order valence-electron chi connectivity index (χ3n) is 3.65. The number of carbonyl (C=O) groups is 1. The number of carbonyl (C=O) groups excluding carboxylic acids is 1. The topological polar surface area (TPSA) is 35.5 Å². The molecule has 1 aliphatic rings. The second-order valence-corrected chi connectivity index (χ2v) is 5.54. The van der Waals surface area contributed by atoms with Gasteiger partial charge in [0.05, 0.1) is 24.7 Å². The molecule has 0 aromatic heterocycles. The summed E-state index contributed by atoms with van der Waals surface area (Å²) < 4.78 is 10.9. The fourth-order valence-corrected chi connectivity index (χ4v) is 2.28. The highest BCUT2D eigenvalue weighted by Gasteiger charge is 2.40. The summed E-state index contributed by atoms with van der Waals surface area (Å²) in [6, 6.07) is 0. The number of methoxy groups -OCH3 is 1. The standard InChI is InChI=1S/C15H26O3/c1-5-6-7-9-12-10-8-11-13(18-12)15(2,3)14(16)17-4/h8,10,12-13H,5-7,9,11H2,1-4H3/t12-,13-/m1/s1. The van der Waals surface area contributed by atoms with Crippen LogP contribution in [0.3, 0.4) is 0 Å². The Kier molecular flexibility index (Phi) is 5.86. The third kappa shape index (κ3) is 3.84. The highest BCUT2D eigenvalue weighted by atomic mass is 16.5. The number of hydrogen-bond donors (Lipinski definition) is 0. The molecule has 0 aliphatic carbocycles. The van der Waals surface area contributed by atoms with Crippen LogP contribution in [-0.2, 0) is 14.3 Å². The quantitative estimate of drug-likeness (QED) is 0.413. The van der Waals surface area contributed by atoms with Crippen molar-refractivity contribution in [1.29, 1.82) is 0 Å². The zero-order valence-corrected chi connectivity index (χ0v) is 12.1. The van der Waals surface area contributed by atoms with E-state index in [2.05, 4.69) is 19.1 Å². The van der Waals surface area contributed by atoms with E-state index < -0.39 is 5.41 Å². The van der Waals surface area contributed by atoms with E-state index in [0.29, 0.717) is 0 Å². The zero-order valence-electron chi connectivity index (χ0n) is 12.1. The normalized spacial score (nSPS) is 24.0. The average molecular weight is 254 g/mol. The van der Waals surface area contributed by atoms with Crippen LogP contribution in [0.2, 0.25) is 0 Å². The van der Waals surface area contributed by atoms with Crippen LogP contribution in [0.4, 0.5) is 0 Å². The molecule has 0 bridgehead atoms. The Hall–Kier alpha value is -0.830. The smallest absolute Gasteiger partial charge is 0.313 e. The molecule has 0 aromatic carbocycles. The van der Waals surface area contributed by atoms with E-state index in [4.69, 9.17) is 9.47 Å². The summed E-state index contributed by atoms with van der Waals surface area (Å²) >= 11 is 0. The summed E-state index contributed by atoms with van der Waals surface area (Å²) in [6.45, 7) is 5.98. The summed E-state index contributed by atoms with van der Waals surface area (Å²) in [4.78, 5) is 11.8. The first-order chi connectivity index (χ1) is 8.52. The maximum Gasteiger partial charge on any atom is 0.313 e. The molecule has 1 rings (SSSR count). The van der Waals surface area contributed by atoms with Crippen LogP contribution in [0.25, 0.3) is 0 Å². The van der Waals surface area contributed by atoms with Crippen molar-refractivity contribution < 1.29 is 14.3 Å². The van der Waals surface area contributed by atoms with Crippen LogP contribution in [0.1, 0.15) is 52.9 Å². The van der Waals surface area contributed by atoms with Crippen molar-refractivity contribution in [2.24, 2.45) is 5.41 Å². The van der Waals surface area contributed by atoms with E-state index in [0.717, 1.165) is 12.8 Å². The van der Waals surface area contributed by atoms with E-state index in [1.165, 1.54) is 26.4 Å². The number of unbranched alkanes of at least 4 members (excludes halogenated alkanes) is 2. The maximum atomic E-state index is 11.8. The lowest BCUT2D eigenvalue weighted by molar-refractivity contribution is -0.163. The van der Waals surface area contributed by atoms with Gasteiger partial charge in [0.1, 0.15) is 0 Å². The van der Waals surface area contributed by atoms with Crippen molar-refractivity contribution in [2.75, 3.05) is 7.11 Å². The van der Waals surface area contributed by atoms with Crippen molar-refractivity contribution in [3.05, 3.63) is 12.2 Å². The van der Waals surface area contributed by atoms with Crippen LogP contribution in [0.5, 0.6) is 0 Å².